The third-order valence-electron chi connectivity index (χ3n) is 6.55. The number of carbonyl (C=O) groups is 1. The Morgan fingerprint density at radius 1 is 1.20 bits per heavy atom. The van der Waals surface area contributed by atoms with Crippen LogP contribution < -0.4 is 5.32 Å². The van der Waals surface area contributed by atoms with Gasteiger partial charge in [-0.15, -0.1) is 10.2 Å². The number of hydrogen-bond acceptors (Lipinski definition) is 5. The van der Waals surface area contributed by atoms with Crippen LogP contribution in [0, 0.1) is 17.8 Å². The molecular weight excluding hydrogens is 396 g/mol. The zero-order valence-corrected chi connectivity index (χ0v) is 17.8. The fraction of sp³-hybridized carbons (Fsp3) is 0.435. The monoisotopic (exact) mass is 422 g/mol. The number of aromatic nitrogens is 3. The van der Waals surface area contributed by atoms with Crippen LogP contribution in [0.25, 0.3) is 17.3 Å². The molecule has 1 aromatic carbocycles. The van der Waals surface area contributed by atoms with Crippen LogP contribution >= 0.6 is 11.8 Å². The Bertz CT molecular complexity index is 1000. The molecule has 0 aliphatic heterocycles. The van der Waals surface area contributed by atoms with Gasteiger partial charge in [-0.3, -0.25) is 9.36 Å². The number of nitrogens with zero attached hydrogens (tertiary/aromatic N) is 3. The Morgan fingerprint density at radius 2 is 2.07 bits per heavy atom. The topological polar surface area (TPSA) is 73.0 Å². The first-order valence-electron chi connectivity index (χ1n) is 10.7. The molecule has 1 N–H and O–H groups in total. The summed E-state index contributed by atoms with van der Waals surface area (Å²) >= 11 is 1.40. The molecule has 0 radical (unpaired) electrons. The number of amides is 1. The molecule has 3 aromatic rings. The number of nitrogens with one attached hydrogen (secondary N) is 1. The third kappa shape index (κ3) is 3.78. The van der Waals surface area contributed by atoms with E-state index in [4.69, 9.17) is 4.42 Å². The Labute approximate surface area is 180 Å². The van der Waals surface area contributed by atoms with E-state index >= 15 is 0 Å². The number of benzene rings is 1. The van der Waals surface area contributed by atoms with Crippen LogP contribution in [0.15, 0.2) is 58.3 Å². The average molecular weight is 423 g/mol. The molecule has 4 atom stereocenters. The van der Waals surface area contributed by atoms with Crippen molar-refractivity contribution in [3.05, 3.63) is 48.7 Å². The van der Waals surface area contributed by atoms with Crippen molar-refractivity contribution >= 4 is 17.7 Å². The van der Waals surface area contributed by atoms with Crippen molar-refractivity contribution in [1.29, 1.82) is 0 Å². The van der Waals surface area contributed by atoms with E-state index in [1.165, 1.54) is 37.4 Å². The molecule has 5 rings (SSSR count). The van der Waals surface area contributed by atoms with E-state index in [0.717, 1.165) is 17.5 Å². The van der Waals surface area contributed by atoms with Gasteiger partial charge in [-0.1, -0.05) is 36.4 Å². The van der Waals surface area contributed by atoms with Crippen molar-refractivity contribution in [3.63, 3.8) is 0 Å². The number of para-hydroxylation sites is 1. The zero-order valence-electron chi connectivity index (χ0n) is 17.0. The normalized spacial score (nSPS) is 23.6. The molecule has 2 aliphatic carbocycles. The highest BCUT2D eigenvalue weighted by atomic mass is 32.2. The average Bonchev–Trinajstić information content (AvgIpc) is 3.56. The minimum Gasteiger partial charge on any atom is -0.461 e. The van der Waals surface area contributed by atoms with Crippen molar-refractivity contribution in [2.75, 3.05) is 5.75 Å². The van der Waals surface area contributed by atoms with Gasteiger partial charge in [0.1, 0.15) is 0 Å². The predicted octanol–water partition coefficient (Wildman–Crippen LogP) is 4.56. The first-order valence-corrected chi connectivity index (χ1v) is 11.6. The highest BCUT2D eigenvalue weighted by Crippen LogP contribution is 2.49. The maximum Gasteiger partial charge on any atom is 0.230 e. The molecule has 156 valence electrons. The maximum atomic E-state index is 12.7. The van der Waals surface area contributed by atoms with Gasteiger partial charge in [0.2, 0.25) is 11.7 Å². The summed E-state index contributed by atoms with van der Waals surface area (Å²) < 4.78 is 7.48. The van der Waals surface area contributed by atoms with E-state index in [0.29, 0.717) is 28.4 Å². The van der Waals surface area contributed by atoms with Gasteiger partial charge in [-0.05, 0) is 68.2 Å². The number of thioether (sulfide) groups is 1. The first-order chi connectivity index (χ1) is 14.7. The highest BCUT2D eigenvalue weighted by Gasteiger charge is 2.42. The van der Waals surface area contributed by atoms with Gasteiger partial charge in [0, 0.05) is 11.7 Å². The Morgan fingerprint density at radius 3 is 2.77 bits per heavy atom. The lowest BCUT2D eigenvalue weighted by Gasteiger charge is -2.28. The Balaban J connectivity index is 1.28. The van der Waals surface area contributed by atoms with Crippen LogP contribution in [0.3, 0.4) is 0 Å². The molecule has 0 saturated heterocycles. The summed E-state index contributed by atoms with van der Waals surface area (Å²) in [6.45, 7) is 2.16. The fourth-order valence-electron chi connectivity index (χ4n) is 5.18. The Kier molecular flexibility index (Phi) is 5.37. The van der Waals surface area contributed by atoms with Gasteiger partial charge in [0.15, 0.2) is 10.9 Å². The molecule has 2 saturated carbocycles. The molecule has 2 aliphatic rings. The lowest BCUT2D eigenvalue weighted by molar-refractivity contribution is -0.119. The molecule has 2 bridgehead atoms. The molecule has 7 heteroatoms. The van der Waals surface area contributed by atoms with Crippen molar-refractivity contribution in [2.24, 2.45) is 17.8 Å². The number of furan rings is 1. The number of hydrogen-bond donors (Lipinski definition) is 1. The zero-order chi connectivity index (χ0) is 20.5. The van der Waals surface area contributed by atoms with Gasteiger partial charge in [0.05, 0.1) is 12.0 Å². The summed E-state index contributed by atoms with van der Waals surface area (Å²) in [5, 5.41) is 12.6. The van der Waals surface area contributed by atoms with Crippen LogP contribution in [0.2, 0.25) is 0 Å². The van der Waals surface area contributed by atoms with Crippen LogP contribution in [0.5, 0.6) is 0 Å². The van der Waals surface area contributed by atoms with E-state index in [9.17, 15) is 4.79 Å². The first kappa shape index (κ1) is 19.4. The van der Waals surface area contributed by atoms with E-state index in [2.05, 4.69) is 22.4 Å². The van der Waals surface area contributed by atoms with Crippen molar-refractivity contribution in [2.45, 2.75) is 43.8 Å². The molecule has 2 fully saturated rings. The third-order valence-corrected chi connectivity index (χ3v) is 7.47. The van der Waals surface area contributed by atoms with Crippen molar-refractivity contribution in [3.8, 4) is 17.3 Å². The maximum absolute atomic E-state index is 12.7. The largest absolute Gasteiger partial charge is 0.461 e. The summed E-state index contributed by atoms with van der Waals surface area (Å²) in [5.74, 6) is 3.97. The second kappa shape index (κ2) is 8.30. The van der Waals surface area contributed by atoms with E-state index in [1.807, 2.05) is 47.0 Å². The molecule has 0 spiro atoms. The minimum atomic E-state index is 0.0532. The minimum absolute atomic E-state index is 0.0532. The highest BCUT2D eigenvalue weighted by molar-refractivity contribution is 7.99. The van der Waals surface area contributed by atoms with Crippen LogP contribution in [-0.4, -0.2) is 32.5 Å². The lowest BCUT2D eigenvalue weighted by Crippen LogP contribution is -2.40. The summed E-state index contributed by atoms with van der Waals surface area (Å²) in [6.07, 6.45) is 6.96. The van der Waals surface area contributed by atoms with Crippen molar-refractivity contribution < 1.29 is 9.21 Å². The van der Waals surface area contributed by atoms with E-state index in [-0.39, 0.29) is 11.9 Å². The van der Waals surface area contributed by atoms with E-state index in [1.54, 1.807) is 6.26 Å². The van der Waals surface area contributed by atoms with E-state index < -0.39 is 0 Å². The smallest absolute Gasteiger partial charge is 0.230 e. The predicted molar refractivity (Wildman–Crippen MR) is 116 cm³/mol. The van der Waals surface area contributed by atoms with Crippen LogP contribution in [0.4, 0.5) is 0 Å². The molecule has 0 unspecified atom stereocenters. The van der Waals surface area contributed by atoms with Gasteiger partial charge in [-0.25, -0.2) is 0 Å². The summed E-state index contributed by atoms with van der Waals surface area (Å²) in [4.78, 5) is 12.7. The Hall–Kier alpha value is -2.54. The lowest BCUT2D eigenvalue weighted by atomic mass is 9.84. The van der Waals surface area contributed by atoms with Gasteiger partial charge < -0.3 is 9.73 Å². The van der Waals surface area contributed by atoms with Crippen molar-refractivity contribution in [1.82, 2.24) is 20.1 Å². The SMILES string of the molecule is C[C@@H](NC(=O)CSc1nnc(-c2ccco2)n1-c1ccccc1)[C@H]1C[C@H]2CC[C@H]1C2. The molecule has 1 amide bonds. The molecular formula is C23H26N4O2S. The molecule has 2 aromatic heterocycles. The molecule has 6 nitrogen and oxygen atoms in total. The van der Waals surface area contributed by atoms with Gasteiger partial charge >= 0.3 is 0 Å². The second-order valence-corrected chi connectivity index (χ2v) is 9.38. The number of rotatable bonds is 7. The summed E-state index contributed by atoms with van der Waals surface area (Å²) in [7, 11) is 0. The van der Waals surface area contributed by atoms with Crippen LogP contribution in [0.1, 0.15) is 32.6 Å². The van der Waals surface area contributed by atoms with Gasteiger partial charge in [-0.2, -0.15) is 0 Å². The number of carbonyl (C=O) groups excluding carboxylic acids is 1. The molecule has 30 heavy (non-hydrogen) atoms. The summed E-state index contributed by atoms with van der Waals surface area (Å²) in [5.41, 5.74) is 0.937. The van der Waals surface area contributed by atoms with Crippen LogP contribution in [-0.2, 0) is 4.79 Å². The fourth-order valence-corrected chi connectivity index (χ4v) is 5.94. The number of fused-ring (bicyclic) bond motifs is 2. The summed E-state index contributed by atoms with van der Waals surface area (Å²) in [6, 6.07) is 13.8. The molecule has 2 heterocycles. The second-order valence-electron chi connectivity index (χ2n) is 8.44. The quantitative estimate of drug-likeness (QED) is 0.565. The standard InChI is InChI=1S/C23H26N4O2S/c1-15(19-13-16-9-10-17(19)12-16)24-21(28)14-30-23-26-25-22(20-8-5-11-29-20)27(23)18-6-3-2-4-7-18/h2-8,11,15-17,19H,9-10,12-14H2,1H3,(H,24,28)/t15-,16+,17+,19-/m1/s1. The van der Waals surface area contributed by atoms with Gasteiger partial charge in [0.25, 0.3) is 0 Å².